The van der Waals surface area contributed by atoms with Crippen molar-refractivity contribution >= 4 is 29.9 Å². The van der Waals surface area contributed by atoms with Crippen LogP contribution in [0.25, 0.3) is 0 Å². The zero-order chi connectivity index (χ0) is 15.7. The van der Waals surface area contributed by atoms with E-state index in [1.807, 2.05) is 36.1 Å². The number of nitrogens with one attached hydrogen (secondary N) is 1. The quantitative estimate of drug-likeness (QED) is 0.891. The van der Waals surface area contributed by atoms with E-state index in [1.54, 1.807) is 4.90 Å². The lowest BCUT2D eigenvalue weighted by molar-refractivity contribution is -0.138. The Labute approximate surface area is 143 Å². The summed E-state index contributed by atoms with van der Waals surface area (Å²) in [7, 11) is 0. The Hall–Kier alpha value is -1.59. The number of hydrogen-bond donors (Lipinski definition) is 1. The molecule has 3 rings (SSSR count). The van der Waals surface area contributed by atoms with Crippen molar-refractivity contribution in [2.45, 2.75) is 26.3 Å². The summed E-state index contributed by atoms with van der Waals surface area (Å²) < 4.78 is 0. The highest BCUT2D eigenvalue weighted by atomic mass is 35.5. The van der Waals surface area contributed by atoms with Crippen LogP contribution in [0.15, 0.2) is 24.3 Å². The van der Waals surface area contributed by atoms with Crippen molar-refractivity contribution in [3.05, 3.63) is 29.8 Å². The van der Waals surface area contributed by atoms with Gasteiger partial charge < -0.3 is 15.1 Å². The Kier molecular flexibility index (Phi) is 5.65. The number of benzene rings is 1. The van der Waals surface area contributed by atoms with Crippen LogP contribution in [-0.2, 0) is 9.59 Å². The number of carbonyl (C=O) groups excluding carboxylic acids is 2. The monoisotopic (exact) mass is 337 g/mol. The van der Waals surface area contributed by atoms with E-state index < -0.39 is 0 Å². The highest BCUT2D eigenvalue weighted by molar-refractivity contribution is 6.00. The number of halogens is 1. The van der Waals surface area contributed by atoms with Gasteiger partial charge in [-0.1, -0.05) is 17.7 Å². The number of piperazine rings is 1. The van der Waals surface area contributed by atoms with Crippen molar-refractivity contribution in [2.24, 2.45) is 5.92 Å². The summed E-state index contributed by atoms with van der Waals surface area (Å²) in [5.41, 5.74) is 2.05. The van der Waals surface area contributed by atoms with Crippen LogP contribution >= 0.6 is 12.4 Å². The molecule has 23 heavy (non-hydrogen) atoms. The van der Waals surface area contributed by atoms with Crippen LogP contribution < -0.4 is 10.2 Å². The SMILES string of the molecule is Cc1ccc(N2CC(C(=O)N3CCNC[C@H]3C)CC2=O)cc1.Cl. The minimum Gasteiger partial charge on any atom is -0.337 e. The Morgan fingerprint density at radius 2 is 1.96 bits per heavy atom. The van der Waals surface area contributed by atoms with Crippen LogP contribution in [0.5, 0.6) is 0 Å². The molecule has 1 aromatic carbocycles. The fraction of sp³-hybridized carbons (Fsp3) is 0.529. The highest BCUT2D eigenvalue weighted by Crippen LogP contribution is 2.27. The van der Waals surface area contributed by atoms with Crippen molar-refractivity contribution in [3.8, 4) is 0 Å². The molecule has 0 aromatic heterocycles. The Bertz CT molecular complexity index is 576. The van der Waals surface area contributed by atoms with Gasteiger partial charge in [-0.15, -0.1) is 12.4 Å². The van der Waals surface area contributed by atoms with E-state index in [4.69, 9.17) is 0 Å². The summed E-state index contributed by atoms with van der Waals surface area (Å²) in [6.45, 7) is 6.96. The third-order valence-electron chi connectivity index (χ3n) is 4.60. The Morgan fingerprint density at radius 3 is 2.61 bits per heavy atom. The molecule has 0 aliphatic carbocycles. The Balaban J connectivity index is 0.00000192. The van der Waals surface area contributed by atoms with Crippen molar-refractivity contribution < 1.29 is 9.59 Å². The van der Waals surface area contributed by atoms with Gasteiger partial charge in [-0.2, -0.15) is 0 Å². The molecule has 0 spiro atoms. The van der Waals surface area contributed by atoms with Gasteiger partial charge in [0.25, 0.3) is 0 Å². The van der Waals surface area contributed by atoms with Crippen LogP contribution in [0.1, 0.15) is 18.9 Å². The molecule has 2 aliphatic heterocycles. The normalized spacial score (nSPS) is 24.5. The number of rotatable bonds is 2. The van der Waals surface area contributed by atoms with Gasteiger partial charge in [0.05, 0.1) is 5.92 Å². The smallest absolute Gasteiger partial charge is 0.228 e. The molecule has 2 fully saturated rings. The molecule has 2 aliphatic rings. The van der Waals surface area contributed by atoms with Crippen LogP contribution in [0.2, 0.25) is 0 Å². The van der Waals surface area contributed by atoms with Gasteiger partial charge in [-0.3, -0.25) is 9.59 Å². The molecule has 0 radical (unpaired) electrons. The molecule has 2 saturated heterocycles. The minimum absolute atomic E-state index is 0. The second-order valence-electron chi connectivity index (χ2n) is 6.33. The van der Waals surface area contributed by atoms with Crippen molar-refractivity contribution in [2.75, 3.05) is 31.1 Å². The molecule has 0 bridgehead atoms. The standard InChI is InChI=1S/C17H23N3O2.ClH/c1-12-3-5-15(6-4-12)20-11-14(9-16(20)21)17(22)19-8-7-18-10-13(19)2;/h3-6,13-14,18H,7-11H2,1-2H3;1H/t13-,14?;/m1./s1. The van der Waals surface area contributed by atoms with Gasteiger partial charge in [0.15, 0.2) is 0 Å². The van der Waals surface area contributed by atoms with E-state index in [0.29, 0.717) is 13.0 Å². The summed E-state index contributed by atoms with van der Waals surface area (Å²) in [6.07, 6.45) is 0.323. The van der Waals surface area contributed by atoms with E-state index in [2.05, 4.69) is 12.2 Å². The lowest BCUT2D eigenvalue weighted by Crippen LogP contribution is -2.54. The lowest BCUT2D eigenvalue weighted by atomic mass is 10.1. The van der Waals surface area contributed by atoms with E-state index >= 15 is 0 Å². The van der Waals surface area contributed by atoms with Crippen molar-refractivity contribution in [1.82, 2.24) is 10.2 Å². The van der Waals surface area contributed by atoms with Gasteiger partial charge in [-0.25, -0.2) is 0 Å². The third-order valence-corrected chi connectivity index (χ3v) is 4.60. The minimum atomic E-state index is -0.214. The van der Waals surface area contributed by atoms with Gasteiger partial charge in [0.1, 0.15) is 0 Å². The summed E-state index contributed by atoms with van der Waals surface area (Å²) >= 11 is 0. The number of nitrogens with zero attached hydrogens (tertiary/aromatic N) is 2. The molecule has 126 valence electrons. The lowest BCUT2D eigenvalue weighted by Gasteiger charge is -2.35. The number of hydrogen-bond acceptors (Lipinski definition) is 3. The molecule has 2 amide bonds. The number of carbonyl (C=O) groups is 2. The molecule has 2 heterocycles. The molecule has 1 aromatic rings. The number of aryl methyl sites for hydroxylation is 1. The average molecular weight is 338 g/mol. The average Bonchev–Trinajstić information content (AvgIpc) is 2.90. The zero-order valence-corrected chi connectivity index (χ0v) is 14.4. The second-order valence-corrected chi connectivity index (χ2v) is 6.33. The summed E-state index contributed by atoms with van der Waals surface area (Å²) in [5.74, 6) is -0.0451. The molecule has 6 heteroatoms. The van der Waals surface area contributed by atoms with Crippen LogP contribution in [0.4, 0.5) is 5.69 Å². The van der Waals surface area contributed by atoms with Crippen LogP contribution in [0.3, 0.4) is 0 Å². The van der Waals surface area contributed by atoms with Crippen LogP contribution in [0, 0.1) is 12.8 Å². The number of amides is 2. The topological polar surface area (TPSA) is 52.7 Å². The maximum absolute atomic E-state index is 12.7. The van der Waals surface area contributed by atoms with Gasteiger partial charge >= 0.3 is 0 Å². The van der Waals surface area contributed by atoms with E-state index in [9.17, 15) is 9.59 Å². The fourth-order valence-corrected chi connectivity index (χ4v) is 3.25. The molecule has 1 unspecified atom stereocenters. The largest absolute Gasteiger partial charge is 0.337 e. The number of anilines is 1. The first kappa shape index (κ1) is 17.8. The van der Waals surface area contributed by atoms with E-state index in [-0.39, 0.29) is 36.2 Å². The molecule has 1 N–H and O–H groups in total. The first-order chi connectivity index (χ1) is 10.6. The van der Waals surface area contributed by atoms with Gasteiger partial charge in [0, 0.05) is 44.3 Å². The first-order valence-electron chi connectivity index (χ1n) is 7.94. The molecule has 2 atom stereocenters. The predicted octanol–water partition coefficient (Wildman–Crippen LogP) is 1.59. The van der Waals surface area contributed by atoms with Gasteiger partial charge in [-0.05, 0) is 26.0 Å². The summed E-state index contributed by atoms with van der Waals surface area (Å²) in [5, 5.41) is 3.29. The van der Waals surface area contributed by atoms with E-state index in [0.717, 1.165) is 30.9 Å². The molecular weight excluding hydrogens is 314 g/mol. The highest BCUT2D eigenvalue weighted by Gasteiger charge is 2.38. The van der Waals surface area contributed by atoms with Crippen LogP contribution in [-0.4, -0.2) is 48.9 Å². The second kappa shape index (κ2) is 7.32. The molecular formula is C17H24ClN3O2. The maximum atomic E-state index is 12.7. The summed E-state index contributed by atoms with van der Waals surface area (Å²) in [4.78, 5) is 28.7. The predicted molar refractivity (Wildman–Crippen MR) is 92.9 cm³/mol. The Morgan fingerprint density at radius 1 is 1.26 bits per heavy atom. The molecule has 0 saturated carbocycles. The fourth-order valence-electron chi connectivity index (χ4n) is 3.25. The van der Waals surface area contributed by atoms with Crippen molar-refractivity contribution in [3.63, 3.8) is 0 Å². The third kappa shape index (κ3) is 3.67. The maximum Gasteiger partial charge on any atom is 0.228 e. The van der Waals surface area contributed by atoms with E-state index in [1.165, 1.54) is 0 Å². The summed E-state index contributed by atoms with van der Waals surface area (Å²) in [6, 6.07) is 8.10. The zero-order valence-electron chi connectivity index (χ0n) is 13.6. The molecule has 5 nitrogen and oxygen atoms in total. The van der Waals surface area contributed by atoms with Gasteiger partial charge in [0.2, 0.25) is 11.8 Å². The van der Waals surface area contributed by atoms with Crippen molar-refractivity contribution in [1.29, 1.82) is 0 Å². The first-order valence-corrected chi connectivity index (χ1v) is 7.94.